The van der Waals surface area contributed by atoms with Crippen LogP contribution in [0, 0.1) is 20.8 Å². The fourth-order valence-electron chi connectivity index (χ4n) is 2.57. The molecule has 1 amide bonds. The summed E-state index contributed by atoms with van der Waals surface area (Å²) in [5.41, 5.74) is 3.26. The van der Waals surface area contributed by atoms with Gasteiger partial charge in [-0.05, 0) is 45.4 Å². The fourth-order valence-corrected chi connectivity index (χ4v) is 2.57. The minimum absolute atomic E-state index is 0.257. The van der Waals surface area contributed by atoms with Crippen LogP contribution in [-0.4, -0.2) is 30.6 Å². The molecule has 3 aromatic heterocycles. The topological polar surface area (TPSA) is 85.6 Å². The van der Waals surface area contributed by atoms with Crippen LogP contribution in [0.15, 0.2) is 30.5 Å². The lowest BCUT2D eigenvalue weighted by Crippen LogP contribution is -2.15. The molecule has 0 saturated carbocycles. The van der Waals surface area contributed by atoms with Gasteiger partial charge in [0.1, 0.15) is 11.6 Å². The van der Waals surface area contributed by atoms with Crippen LogP contribution in [0.2, 0.25) is 0 Å². The van der Waals surface area contributed by atoms with E-state index in [9.17, 15) is 4.79 Å². The quantitative estimate of drug-likeness (QED) is 0.792. The predicted molar refractivity (Wildman–Crippen MR) is 94.9 cm³/mol. The Morgan fingerprint density at radius 1 is 1.16 bits per heavy atom. The van der Waals surface area contributed by atoms with E-state index in [1.165, 1.54) is 6.20 Å². The number of rotatable bonds is 4. The molecule has 0 atom stereocenters. The smallest absolute Gasteiger partial charge is 0.258 e. The number of nitrogens with one attached hydrogen (secondary N) is 1. The number of nitrogens with zero attached hydrogens (tertiary/aromatic N) is 5. The van der Waals surface area contributed by atoms with Crippen LogP contribution >= 0.6 is 0 Å². The van der Waals surface area contributed by atoms with Gasteiger partial charge in [-0.2, -0.15) is 5.10 Å². The summed E-state index contributed by atoms with van der Waals surface area (Å²) in [6, 6.07) is 7.26. The zero-order chi connectivity index (χ0) is 18.0. The number of amides is 1. The molecule has 7 heteroatoms. The average Bonchev–Trinajstić information content (AvgIpc) is 2.92. The van der Waals surface area contributed by atoms with Gasteiger partial charge in [0.15, 0.2) is 5.82 Å². The summed E-state index contributed by atoms with van der Waals surface area (Å²) in [7, 11) is 0. The highest BCUT2D eigenvalue weighted by Gasteiger charge is 2.11. The number of anilines is 1. The second kappa shape index (κ2) is 6.80. The number of aromatic nitrogens is 5. The van der Waals surface area contributed by atoms with Crippen LogP contribution in [0.1, 0.15) is 40.2 Å². The summed E-state index contributed by atoms with van der Waals surface area (Å²) in [6.45, 7) is 7.71. The fraction of sp³-hybridized carbons (Fsp3) is 0.278. The Labute approximate surface area is 146 Å². The lowest BCUT2D eigenvalue weighted by atomic mass is 10.2. The number of carbonyl (C=O) groups is 1. The molecule has 128 valence electrons. The summed E-state index contributed by atoms with van der Waals surface area (Å²) in [5, 5.41) is 7.18. The van der Waals surface area contributed by atoms with Gasteiger partial charge in [0.25, 0.3) is 5.91 Å². The molecule has 0 spiro atoms. The first-order chi connectivity index (χ1) is 12.0. The van der Waals surface area contributed by atoms with E-state index in [-0.39, 0.29) is 5.91 Å². The first-order valence-corrected chi connectivity index (χ1v) is 8.12. The number of pyridine rings is 1. The third kappa shape index (κ3) is 3.71. The highest BCUT2D eigenvalue weighted by molar-refractivity contribution is 6.03. The van der Waals surface area contributed by atoms with Crippen molar-refractivity contribution in [1.82, 2.24) is 24.7 Å². The lowest BCUT2D eigenvalue weighted by molar-refractivity contribution is 0.102. The first-order valence-electron chi connectivity index (χ1n) is 8.12. The minimum atomic E-state index is -0.257. The molecule has 0 aromatic carbocycles. The SMILES string of the molecule is CCc1cc(NC(=O)c2ccc(-n3nc(C)cc3C)nc2)nc(C)n1. The highest BCUT2D eigenvalue weighted by Crippen LogP contribution is 2.12. The molecule has 0 aliphatic rings. The van der Waals surface area contributed by atoms with E-state index in [1.54, 1.807) is 29.8 Å². The van der Waals surface area contributed by atoms with Gasteiger partial charge in [-0.25, -0.2) is 19.6 Å². The number of hydrogen-bond acceptors (Lipinski definition) is 5. The number of carbonyl (C=O) groups excluding carboxylic acids is 1. The van der Waals surface area contributed by atoms with Gasteiger partial charge in [0, 0.05) is 23.7 Å². The highest BCUT2D eigenvalue weighted by atomic mass is 16.1. The van der Waals surface area contributed by atoms with Crippen LogP contribution in [0.4, 0.5) is 5.82 Å². The molecule has 0 aliphatic heterocycles. The second-order valence-electron chi connectivity index (χ2n) is 5.84. The van der Waals surface area contributed by atoms with Crippen molar-refractivity contribution in [2.75, 3.05) is 5.32 Å². The maximum absolute atomic E-state index is 12.4. The molecule has 0 unspecified atom stereocenters. The van der Waals surface area contributed by atoms with Crippen molar-refractivity contribution in [1.29, 1.82) is 0 Å². The molecule has 0 fully saturated rings. The summed E-state index contributed by atoms with van der Waals surface area (Å²) in [4.78, 5) is 25.3. The Hall–Kier alpha value is -3.09. The van der Waals surface area contributed by atoms with Gasteiger partial charge in [-0.15, -0.1) is 0 Å². The molecule has 0 bridgehead atoms. The lowest BCUT2D eigenvalue weighted by Gasteiger charge is -2.08. The third-order valence-corrected chi connectivity index (χ3v) is 3.73. The predicted octanol–water partition coefficient (Wildman–Crippen LogP) is 2.80. The van der Waals surface area contributed by atoms with Crippen LogP contribution < -0.4 is 5.32 Å². The minimum Gasteiger partial charge on any atom is -0.306 e. The van der Waals surface area contributed by atoms with Gasteiger partial charge < -0.3 is 5.32 Å². The van der Waals surface area contributed by atoms with Gasteiger partial charge >= 0.3 is 0 Å². The molecular formula is C18H20N6O. The molecule has 0 radical (unpaired) electrons. The molecule has 25 heavy (non-hydrogen) atoms. The first kappa shape index (κ1) is 16.8. The van der Waals surface area contributed by atoms with Crippen molar-refractivity contribution in [2.45, 2.75) is 34.1 Å². The summed E-state index contributed by atoms with van der Waals surface area (Å²) in [6.07, 6.45) is 2.32. The van der Waals surface area contributed by atoms with Crippen molar-refractivity contribution in [2.24, 2.45) is 0 Å². The Balaban J connectivity index is 1.79. The van der Waals surface area contributed by atoms with Crippen molar-refractivity contribution >= 4 is 11.7 Å². The van der Waals surface area contributed by atoms with E-state index in [4.69, 9.17) is 0 Å². The average molecular weight is 336 g/mol. The molecule has 7 nitrogen and oxygen atoms in total. The normalized spacial score (nSPS) is 10.7. The Morgan fingerprint density at radius 3 is 2.56 bits per heavy atom. The monoisotopic (exact) mass is 336 g/mol. The maximum atomic E-state index is 12.4. The van der Waals surface area contributed by atoms with Crippen LogP contribution in [-0.2, 0) is 6.42 Å². The molecule has 0 saturated heterocycles. The van der Waals surface area contributed by atoms with Crippen molar-refractivity contribution in [3.8, 4) is 5.82 Å². The molecule has 0 aliphatic carbocycles. The van der Waals surface area contributed by atoms with Crippen molar-refractivity contribution in [3.63, 3.8) is 0 Å². The molecule has 3 heterocycles. The van der Waals surface area contributed by atoms with E-state index in [0.717, 1.165) is 23.5 Å². The molecule has 3 aromatic rings. The van der Waals surface area contributed by atoms with Gasteiger partial charge in [0.05, 0.1) is 11.3 Å². The zero-order valence-corrected chi connectivity index (χ0v) is 14.7. The molecule has 3 rings (SSSR count). The molecular weight excluding hydrogens is 316 g/mol. The van der Waals surface area contributed by atoms with Crippen LogP contribution in [0.3, 0.4) is 0 Å². The summed E-state index contributed by atoms with van der Waals surface area (Å²) < 4.78 is 1.75. The van der Waals surface area contributed by atoms with Gasteiger partial charge in [-0.3, -0.25) is 4.79 Å². The van der Waals surface area contributed by atoms with E-state index < -0.39 is 0 Å². The van der Waals surface area contributed by atoms with E-state index in [0.29, 0.717) is 23.0 Å². The van der Waals surface area contributed by atoms with Gasteiger partial charge in [-0.1, -0.05) is 6.92 Å². The van der Waals surface area contributed by atoms with Crippen molar-refractivity contribution in [3.05, 3.63) is 58.9 Å². The van der Waals surface area contributed by atoms with Crippen LogP contribution in [0.5, 0.6) is 0 Å². The second-order valence-corrected chi connectivity index (χ2v) is 5.84. The molecule has 1 N–H and O–H groups in total. The number of aryl methyl sites for hydroxylation is 4. The summed E-state index contributed by atoms with van der Waals surface area (Å²) in [5.74, 6) is 1.55. The van der Waals surface area contributed by atoms with Gasteiger partial charge in [0.2, 0.25) is 0 Å². The van der Waals surface area contributed by atoms with E-state index >= 15 is 0 Å². The Bertz CT molecular complexity index is 914. The van der Waals surface area contributed by atoms with Crippen LogP contribution in [0.25, 0.3) is 5.82 Å². The standard InChI is InChI=1S/C18H20N6O/c1-5-15-9-16(21-13(4)20-15)22-18(25)14-6-7-17(19-10-14)24-12(3)8-11(2)23-24/h6-10H,5H2,1-4H3,(H,20,21,22,25). The Morgan fingerprint density at radius 2 is 1.96 bits per heavy atom. The van der Waals surface area contributed by atoms with Crippen molar-refractivity contribution < 1.29 is 4.79 Å². The van der Waals surface area contributed by atoms with E-state index in [2.05, 4.69) is 25.4 Å². The summed E-state index contributed by atoms with van der Waals surface area (Å²) >= 11 is 0. The largest absolute Gasteiger partial charge is 0.306 e. The third-order valence-electron chi connectivity index (χ3n) is 3.73. The van der Waals surface area contributed by atoms with E-state index in [1.807, 2.05) is 26.8 Å². The Kier molecular flexibility index (Phi) is 4.56. The maximum Gasteiger partial charge on any atom is 0.258 e. The number of hydrogen-bond donors (Lipinski definition) is 1. The zero-order valence-electron chi connectivity index (χ0n) is 14.7.